The lowest BCUT2D eigenvalue weighted by Crippen LogP contribution is -1.98. The molecule has 0 saturated heterocycles. The molecule has 0 aliphatic rings. The molecular formula is C9H8BrIO. The molecule has 1 aromatic carbocycles. The number of hydrogen-bond donors (Lipinski definition) is 0. The minimum Gasteiger partial charge on any atom is -0.294 e. The number of carbonyl (C=O) groups excluding carboxylic acids is 1. The van der Waals surface area contributed by atoms with Crippen molar-refractivity contribution < 1.29 is 4.79 Å². The lowest BCUT2D eigenvalue weighted by Gasteiger charge is -2.05. The van der Waals surface area contributed by atoms with Gasteiger partial charge in [0.1, 0.15) is 0 Å². The molecule has 1 rings (SSSR count). The Bertz CT molecular complexity index is 334. The summed E-state index contributed by atoms with van der Waals surface area (Å²) in [4.78, 5) is 11.2. The number of rotatable bonds is 1. The molecule has 1 nitrogen and oxygen atoms in total. The van der Waals surface area contributed by atoms with Crippen molar-refractivity contribution in [2.24, 2.45) is 0 Å². The number of hydrogen-bond acceptors (Lipinski definition) is 1. The predicted molar refractivity (Wildman–Crippen MR) is 61.6 cm³/mol. The Hall–Kier alpha value is 0.1000. The van der Waals surface area contributed by atoms with Crippen molar-refractivity contribution in [3.63, 3.8) is 0 Å². The van der Waals surface area contributed by atoms with Gasteiger partial charge in [-0.3, -0.25) is 4.79 Å². The molecule has 0 atom stereocenters. The highest BCUT2D eigenvalue weighted by atomic mass is 127. The molecule has 0 radical (unpaired) electrons. The summed E-state index contributed by atoms with van der Waals surface area (Å²) in [7, 11) is 0. The predicted octanol–water partition coefficient (Wildman–Crippen LogP) is 3.56. The first-order chi connectivity index (χ1) is 5.54. The molecule has 0 amide bonds. The van der Waals surface area contributed by atoms with Gasteiger partial charge in [-0.15, -0.1) is 0 Å². The summed E-state index contributed by atoms with van der Waals surface area (Å²) in [6, 6.07) is 3.95. The normalized spacial score (nSPS) is 10.0. The van der Waals surface area contributed by atoms with Gasteiger partial charge in [-0.25, -0.2) is 0 Å². The molecule has 0 N–H and O–H groups in total. The Morgan fingerprint density at radius 1 is 1.50 bits per heavy atom. The SMILES string of the molecule is CC(=O)c1c(C)ccc(I)c1Br. The van der Waals surface area contributed by atoms with Gasteiger partial charge < -0.3 is 0 Å². The van der Waals surface area contributed by atoms with Crippen LogP contribution in [0.5, 0.6) is 0 Å². The summed E-state index contributed by atoms with van der Waals surface area (Å²) < 4.78 is 1.99. The zero-order valence-electron chi connectivity index (χ0n) is 6.82. The zero-order valence-corrected chi connectivity index (χ0v) is 10.6. The monoisotopic (exact) mass is 338 g/mol. The van der Waals surface area contributed by atoms with Gasteiger partial charge in [0.05, 0.1) is 0 Å². The minimum absolute atomic E-state index is 0.109. The van der Waals surface area contributed by atoms with E-state index >= 15 is 0 Å². The smallest absolute Gasteiger partial charge is 0.161 e. The molecule has 0 heterocycles. The second-order valence-electron chi connectivity index (χ2n) is 2.61. The van der Waals surface area contributed by atoms with E-state index in [1.54, 1.807) is 6.92 Å². The summed E-state index contributed by atoms with van der Waals surface area (Å²) in [6.07, 6.45) is 0. The van der Waals surface area contributed by atoms with Gasteiger partial charge in [0.15, 0.2) is 5.78 Å². The zero-order chi connectivity index (χ0) is 9.30. The molecule has 12 heavy (non-hydrogen) atoms. The molecule has 64 valence electrons. The van der Waals surface area contributed by atoms with Crippen LogP contribution in [0.25, 0.3) is 0 Å². The van der Waals surface area contributed by atoms with E-state index < -0.39 is 0 Å². The second kappa shape index (κ2) is 3.87. The van der Waals surface area contributed by atoms with E-state index in [1.807, 2.05) is 19.1 Å². The van der Waals surface area contributed by atoms with E-state index in [4.69, 9.17) is 0 Å². The van der Waals surface area contributed by atoms with Crippen LogP contribution >= 0.6 is 38.5 Å². The summed E-state index contributed by atoms with van der Waals surface area (Å²) in [6.45, 7) is 3.53. The lowest BCUT2D eigenvalue weighted by molar-refractivity contribution is 0.101. The van der Waals surface area contributed by atoms with Crippen LogP contribution < -0.4 is 0 Å². The molecular weight excluding hydrogens is 331 g/mol. The lowest BCUT2D eigenvalue weighted by atomic mass is 10.1. The molecule has 0 aromatic heterocycles. The molecule has 0 fully saturated rings. The highest BCUT2D eigenvalue weighted by Crippen LogP contribution is 2.26. The molecule has 0 unspecified atom stereocenters. The Morgan fingerprint density at radius 3 is 2.50 bits per heavy atom. The maximum atomic E-state index is 11.2. The standard InChI is InChI=1S/C9H8BrIO/c1-5-3-4-7(11)9(10)8(5)6(2)12/h3-4H,1-2H3. The molecule has 0 saturated carbocycles. The van der Waals surface area contributed by atoms with Crippen molar-refractivity contribution >= 4 is 44.3 Å². The van der Waals surface area contributed by atoms with Gasteiger partial charge in [-0.2, -0.15) is 0 Å². The van der Waals surface area contributed by atoms with Crippen LogP contribution in [-0.4, -0.2) is 5.78 Å². The number of carbonyl (C=O) groups is 1. The highest BCUT2D eigenvalue weighted by Gasteiger charge is 2.10. The largest absolute Gasteiger partial charge is 0.294 e. The van der Waals surface area contributed by atoms with Crippen molar-refractivity contribution in [2.45, 2.75) is 13.8 Å². The summed E-state index contributed by atoms with van der Waals surface area (Å²) in [5.41, 5.74) is 1.82. The van der Waals surface area contributed by atoms with Crippen LogP contribution in [0.3, 0.4) is 0 Å². The van der Waals surface area contributed by atoms with Crippen LogP contribution in [0.4, 0.5) is 0 Å². The number of halogens is 2. The minimum atomic E-state index is 0.109. The molecule has 0 spiro atoms. The number of ketones is 1. The molecule has 0 aliphatic heterocycles. The summed E-state index contributed by atoms with van der Waals surface area (Å²) in [5, 5.41) is 0. The van der Waals surface area contributed by atoms with Crippen molar-refractivity contribution in [1.29, 1.82) is 0 Å². The second-order valence-corrected chi connectivity index (χ2v) is 4.56. The fraction of sp³-hybridized carbons (Fsp3) is 0.222. The van der Waals surface area contributed by atoms with E-state index in [0.29, 0.717) is 0 Å². The van der Waals surface area contributed by atoms with Crippen molar-refractivity contribution in [3.8, 4) is 0 Å². The first-order valence-corrected chi connectivity index (χ1v) is 5.36. The average molecular weight is 339 g/mol. The van der Waals surface area contributed by atoms with Gasteiger partial charge in [0, 0.05) is 13.6 Å². The van der Waals surface area contributed by atoms with E-state index in [-0.39, 0.29) is 5.78 Å². The fourth-order valence-corrected chi connectivity index (χ4v) is 2.25. The van der Waals surface area contributed by atoms with E-state index in [2.05, 4.69) is 38.5 Å². The molecule has 0 aliphatic carbocycles. The van der Waals surface area contributed by atoms with Crippen LogP contribution in [0, 0.1) is 10.5 Å². The van der Waals surface area contributed by atoms with Gasteiger partial charge in [0.2, 0.25) is 0 Å². The van der Waals surface area contributed by atoms with Crippen molar-refractivity contribution in [3.05, 3.63) is 31.3 Å². The Labute approximate surface area is 93.8 Å². The number of aryl methyl sites for hydroxylation is 1. The first-order valence-electron chi connectivity index (χ1n) is 3.49. The Balaban J connectivity index is 3.43. The van der Waals surface area contributed by atoms with Crippen LogP contribution in [0.2, 0.25) is 0 Å². The van der Waals surface area contributed by atoms with E-state index in [9.17, 15) is 4.79 Å². The van der Waals surface area contributed by atoms with Crippen molar-refractivity contribution in [1.82, 2.24) is 0 Å². The third-order valence-electron chi connectivity index (χ3n) is 1.66. The topological polar surface area (TPSA) is 17.1 Å². The van der Waals surface area contributed by atoms with Gasteiger partial charge in [0.25, 0.3) is 0 Å². The number of Topliss-reactive ketones (excluding diaryl/α,β-unsaturated/α-hetero) is 1. The van der Waals surface area contributed by atoms with Gasteiger partial charge in [-0.1, -0.05) is 6.07 Å². The Morgan fingerprint density at radius 2 is 2.08 bits per heavy atom. The molecule has 3 heteroatoms. The third kappa shape index (κ3) is 1.88. The maximum absolute atomic E-state index is 11.2. The highest BCUT2D eigenvalue weighted by molar-refractivity contribution is 14.1. The van der Waals surface area contributed by atoms with E-state index in [0.717, 1.165) is 19.2 Å². The first kappa shape index (κ1) is 10.2. The fourth-order valence-electron chi connectivity index (χ4n) is 1.08. The van der Waals surface area contributed by atoms with Gasteiger partial charge in [-0.05, 0) is 64.0 Å². The van der Waals surface area contributed by atoms with E-state index in [1.165, 1.54) is 0 Å². The molecule has 1 aromatic rings. The third-order valence-corrected chi connectivity index (χ3v) is 4.12. The Kier molecular flexibility index (Phi) is 3.29. The van der Waals surface area contributed by atoms with Crippen molar-refractivity contribution in [2.75, 3.05) is 0 Å². The molecule has 0 bridgehead atoms. The average Bonchev–Trinajstić information content (AvgIpc) is 1.97. The van der Waals surface area contributed by atoms with Crippen LogP contribution in [0.1, 0.15) is 22.8 Å². The maximum Gasteiger partial charge on any atom is 0.161 e. The quantitative estimate of drug-likeness (QED) is 0.565. The van der Waals surface area contributed by atoms with Gasteiger partial charge >= 0.3 is 0 Å². The summed E-state index contributed by atoms with van der Waals surface area (Å²) in [5.74, 6) is 0.109. The summed E-state index contributed by atoms with van der Waals surface area (Å²) >= 11 is 5.60. The van der Waals surface area contributed by atoms with Crippen LogP contribution in [-0.2, 0) is 0 Å². The van der Waals surface area contributed by atoms with Crippen LogP contribution in [0.15, 0.2) is 16.6 Å². The number of benzene rings is 1.